The molecule has 0 spiro atoms. The van der Waals surface area contributed by atoms with Gasteiger partial charge in [0.15, 0.2) is 82.0 Å². The van der Waals surface area contributed by atoms with Gasteiger partial charge in [-0.1, -0.05) is 102 Å². The molecular formula is C93H86F5O30S15+. The van der Waals surface area contributed by atoms with E-state index in [0.717, 1.165) is 95.7 Å². The average molecular weight is 2260 g/mol. The van der Waals surface area contributed by atoms with Crippen molar-refractivity contribution in [2.45, 2.75) is 158 Å². The predicted molar refractivity (Wildman–Crippen MR) is 522 cm³/mol. The third-order valence-electron chi connectivity index (χ3n) is 19.7. The van der Waals surface area contributed by atoms with Crippen molar-refractivity contribution in [3.05, 3.63) is 316 Å². The molecule has 0 atom stereocenters. The number of hydrogen-bond acceptors (Lipinski definition) is 31. The van der Waals surface area contributed by atoms with Gasteiger partial charge in [0.1, 0.15) is 111 Å². The number of halogens is 5. The molecule has 0 aromatic heterocycles. The number of aryl methyl sites for hydroxylation is 8. The zero-order chi connectivity index (χ0) is 106. The zero-order valence-electron chi connectivity index (χ0n) is 77.4. The number of hydrogen-bond donors (Lipinski definition) is 1. The molecule has 0 fully saturated rings. The van der Waals surface area contributed by atoms with Gasteiger partial charge in [-0.25, -0.2) is 85.8 Å². The van der Waals surface area contributed by atoms with Gasteiger partial charge in [0, 0.05) is 67.3 Å². The summed E-state index contributed by atoms with van der Waals surface area (Å²) in [5.74, 6) is -9.18. The Labute approximate surface area is 841 Å². The molecule has 4 aliphatic rings. The standard InChI is InChI=1S/3C21H19O5S3.C20H16O3S2.C7H3F5O3S.3CH4O3S/c3*1-14-12-16(13-15(2)21(14)26-28(3,22)23)27-17-8-4-6-10-19(17)29(24,25)20-11-7-5-9-18(20)27;1-13-11-15(12-14(2)20(13)21)24-16-7-3-5-9-18(16)25(22,23)19-10-6-4-8-17(19)24;1-13-14-15-16-7-5(11)3(9)2(8)4(10)6(7)12;3*1-5(2,3)4/h3*4-13H,1-3H3;3-12H,1-2H3;1H3;3*1H3,(H,2,3,4)/q3*+1;;;;;/p-2. The highest BCUT2D eigenvalue weighted by Gasteiger charge is 2.50. The summed E-state index contributed by atoms with van der Waals surface area (Å²) in [6, 6.07) is 71.9. The van der Waals surface area contributed by atoms with E-state index in [0.29, 0.717) is 114 Å². The van der Waals surface area contributed by atoms with Gasteiger partial charge < -0.3 is 31.3 Å². The minimum atomic E-state index is -3.92. The number of aromatic hydroxyl groups is 1. The summed E-state index contributed by atoms with van der Waals surface area (Å²) in [5, 5.41) is 13.9. The van der Waals surface area contributed by atoms with E-state index >= 15 is 0 Å². The van der Waals surface area contributed by atoms with Crippen LogP contribution in [0.1, 0.15) is 44.5 Å². The van der Waals surface area contributed by atoms with Crippen LogP contribution in [0.25, 0.3) is 0 Å². The van der Waals surface area contributed by atoms with E-state index in [2.05, 4.69) is 14.3 Å². The van der Waals surface area contributed by atoms with Gasteiger partial charge in [-0.3, -0.25) is 0 Å². The molecular weight excluding hydrogens is 2170 g/mol. The van der Waals surface area contributed by atoms with Crippen molar-refractivity contribution in [3.63, 3.8) is 0 Å². The van der Waals surface area contributed by atoms with Crippen LogP contribution in [-0.2, 0) is 158 Å². The summed E-state index contributed by atoms with van der Waals surface area (Å²) in [5.41, 5.74) is 5.68. The molecule has 13 aromatic carbocycles. The maximum absolute atomic E-state index is 13.1. The molecule has 0 radical (unpaired) electrons. The normalized spacial score (nSPS) is 14.5. The maximum atomic E-state index is 13.1. The molecule has 30 nitrogen and oxygen atoms in total. The number of benzene rings is 13. The summed E-state index contributed by atoms with van der Waals surface area (Å²) in [6.07, 6.45) is 4.85. The summed E-state index contributed by atoms with van der Waals surface area (Å²) < 4.78 is 339. The molecule has 0 saturated carbocycles. The maximum Gasteiger partial charge on any atom is 0.306 e. The Kier molecular flexibility index (Phi) is 36.4. The van der Waals surface area contributed by atoms with Crippen molar-refractivity contribution in [2.75, 3.05) is 44.6 Å². The first kappa shape index (κ1) is 115. The SMILES string of the molecule is COOOSc1c(F)c(F)c(F)c(F)c1F.CS(=O)(=O)[O-].CS(=O)(=O)[O-].CS(=O)(=O)[O-].Cc1cc([S+]2c3ccccc3S(=O)(=O)c3ccccc32)cc(C)c1O.Cc1cc([S+]2c3ccccc3S(=O)(=O)c3ccccc32)cc(C)c1OS(C)(=O)=O.Cc1cc([S+]2c3ccccc3S(=O)(=O)c3ccccc32)cc(C)c1OS(C)(=O)=O.Cc1cc([S+]2c3ccccc3S(=O)(=O)c3ccccc32)cc(C)c1OS(C)(=O)=O. The van der Waals surface area contributed by atoms with Gasteiger partial charge in [0.25, 0.3) is 0 Å². The minimum Gasteiger partial charge on any atom is -0.748 e. The highest BCUT2D eigenvalue weighted by atomic mass is 32.3. The van der Waals surface area contributed by atoms with Crippen LogP contribution in [0, 0.1) is 84.5 Å². The van der Waals surface area contributed by atoms with Crippen LogP contribution in [0.5, 0.6) is 23.0 Å². The number of phenols is 1. The second-order valence-electron chi connectivity index (χ2n) is 31.1. The summed E-state index contributed by atoms with van der Waals surface area (Å²) >= 11 is -0.209. The lowest BCUT2D eigenvalue weighted by Gasteiger charge is -2.20. The van der Waals surface area contributed by atoms with Gasteiger partial charge in [-0.15, -0.1) is 4.33 Å². The van der Waals surface area contributed by atoms with E-state index in [4.69, 9.17) is 51.5 Å². The summed E-state index contributed by atoms with van der Waals surface area (Å²) in [4.78, 5) is 15.1. The van der Waals surface area contributed by atoms with Crippen LogP contribution < -0.4 is 12.5 Å². The van der Waals surface area contributed by atoms with Gasteiger partial charge in [-0.2, -0.15) is 25.3 Å². The highest BCUT2D eigenvalue weighted by molar-refractivity contribution is 8.02. The smallest absolute Gasteiger partial charge is 0.306 e. The fourth-order valence-corrected chi connectivity index (χ4v) is 36.1. The Hall–Kier alpha value is -10.3. The largest absolute Gasteiger partial charge is 0.748 e. The van der Waals surface area contributed by atoms with E-state index in [1.165, 1.54) is 0 Å². The number of fused-ring (bicyclic) bond motifs is 8. The summed E-state index contributed by atoms with van der Waals surface area (Å²) in [6.45, 7) is 14.5. The van der Waals surface area contributed by atoms with Gasteiger partial charge in [0.05, 0.1) is 68.3 Å². The molecule has 762 valence electrons. The molecule has 0 aliphatic carbocycles. The van der Waals surface area contributed by atoms with Crippen LogP contribution in [0.4, 0.5) is 22.0 Å². The molecule has 0 saturated heterocycles. The van der Waals surface area contributed by atoms with Crippen molar-refractivity contribution in [1.29, 1.82) is 0 Å². The second kappa shape index (κ2) is 45.4. The lowest BCUT2D eigenvalue weighted by Crippen LogP contribution is -2.20. The fourth-order valence-electron chi connectivity index (χ4n) is 14.4. The van der Waals surface area contributed by atoms with E-state index in [1.807, 2.05) is 159 Å². The lowest BCUT2D eigenvalue weighted by molar-refractivity contribution is -0.447. The Balaban J connectivity index is 0.000000179. The quantitative estimate of drug-likeness (QED) is 0.0101. The highest BCUT2D eigenvalue weighted by Crippen LogP contribution is 2.52. The molecule has 0 bridgehead atoms. The van der Waals surface area contributed by atoms with Crippen molar-refractivity contribution in [3.8, 4) is 23.0 Å². The molecule has 0 unspecified atom stereocenters. The zero-order valence-corrected chi connectivity index (χ0v) is 89.6. The Bertz CT molecular complexity index is 7490. The summed E-state index contributed by atoms with van der Waals surface area (Å²) in [7, 11) is -38.4. The van der Waals surface area contributed by atoms with Crippen molar-refractivity contribution in [2.24, 2.45) is 0 Å². The first-order valence-electron chi connectivity index (χ1n) is 40.5. The minimum absolute atomic E-state index is 0.209. The van der Waals surface area contributed by atoms with Crippen LogP contribution in [-0.4, -0.2) is 148 Å². The average Bonchev–Trinajstić information content (AvgIpc) is 0.741. The van der Waals surface area contributed by atoms with Crippen LogP contribution in [0.15, 0.2) is 345 Å². The lowest BCUT2D eigenvalue weighted by atomic mass is 10.1. The van der Waals surface area contributed by atoms with E-state index in [9.17, 15) is 86.0 Å². The second-order valence-corrected chi connectivity index (χ2v) is 56.2. The molecule has 13 aromatic rings. The predicted octanol–water partition coefficient (Wildman–Crippen LogP) is 16.3. The molecule has 143 heavy (non-hydrogen) atoms. The Morgan fingerprint density at radius 1 is 0.280 bits per heavy atom. The third-order valence-corrected chi connectivity index (χ3v) is 39.4. The molecule has 0 amide bonds. The van der Waals surface area contributed by atoms with Crippen LogP contribution in [0.3, 0.4) is 0 Å². The Morgan fingerprint density at radius 3 is 0.594 bits per heavy atom. The topological polar surface area (TPSA) is 486 Å². The van der Waals surface area contributed by atoms with Gasteiger partial charge in [-0.05, 0) is 197 Å². The first-order valence-corrected chi connectivity index (χ1v) is 63.0. The first-order chi connectivity index (χ1) is 66.2. The van der Waals surface area contributed by atoms with E-state index in [-0.39, 0.29) is 12.0 Å². The Morgan fingerprint density at radius 2 is 0.434 bits per heavy atom. The van der Waals surface area contributed by atoms with Crippen molar-refractivity contribution < 1.29 is 152 Å². The van der Waals surface area contributed by atoms with E-state index in [1.54, 1.807) is 139 Å². The molecule has 50 heteroatoms. The van der Waals surface area contributed by atoms with Crippen molar-refractivity contribution >= 4 is 156 Å². The van der Waals surface area contributed by atoms with Crippen LogP contribution >= 0.6 is 12.0 Å². The molecule has 1 N–H and O–H groups in total. The van der Waals surface area contributed by atoms with E-state index < -0.39 is 178 Å². The van der Waals surface area contributed by atoms with Crippen LogP contribution in [0.2, 0.25) is 0 Å². The fraction of sp³-hybridized carbons (Fsp3) is 0.161. The number of rotatable bonds is 14. The van der Waals surface area contributed by atoms with Crippen molar-refractivity contribution in [1.82, 2.24) is 0 Å². The monoisotopic (exact) mass is 2260 g/mol. The molecule has 4 aliphatic heterocycles. The molecule has 17 rings (SSSR count). The van der Waals surface area contributed by atoms with Gasteiger partial charge >= 0.3 is 30.4 Å². The number of phenolic OH excluding ortho intramolecular Hbond substituents is 1. The molecule has 4 heterocycles. The van der Waals surface area contributed by atoms with Gasteiger partial charge in [0.2, 0.25) is 45.2 Å². The number of sulfone groups is 4. The third kappa shape index (κ3) is 27.9.